The molecule has 14 heteroatoms. The van der Waals surface area contributed by atoms with Crippen LogP contribution in [0.25, 0.3) is 11.3 Å². The molecule has 2 fully saturated rings. The molecule has 3 aromatic rings. The Morgan fingerprint density at radius 1 is 0.714 bits per heavy atom. The molecule has 0 unspecified atom stereocenters. The van der Waals surface area contributed by atoms with Crippen LogP contribution in [-0.2, 0) is 20.0 Å². The molecule has 6 rings (SSSR count). The largest absolute Gasteiger partial charge is 0.494 e. The van der Waals surface area contributed by atoms with Crippen molar-refractivity contribution in [2.24, 2.45) is 4.99 Å². The Kier molecular flexibility index (Phi) is 7.32. The van der Waals surface area contributed by atoms with Crippen LogP contribution >= 0.6 is 0 Å². The molecule has 1 amide bonds. The molecular formula is C28H32N6O6S2. The van der Waals surface area contributed by atoms with Gasteiger partial charge < -0.3 is 19.9 Å². The fourth-order valence-corrected chi connectivity index (χ4v) is 8.48. The Labute approximate surface area is 245 Å². The normalized spacial score (nSPS) is 19.7. The first-order valence-electron chi connectivity index (χ1n) is 13.6. The molecule has 4 heterocycles. The van der Waals surface area contributed by atoms with Gasteiger partial charge in [0.25, 0.3) is 5.91 Å². The Bertz CT molecular complexity index is 1800. The molecule has 0 aliphatic carbocycles. The van der Waals surface area contributed by atoms with E-state index >= 15 is 0 Å². The number of amides is 1. The average molecular weight is 613 g/mol. The maximum Gasteiger partial charge on any atom is 0.280 e. The number of rotatable bonds is 6. The lowest BCUT2D eigenvalue weighted by Gasteiger charge is -2.31. The molecule has 222 valence electrons. The van der Waals surface area contributed by atoms with E-state index < -0.39 is 26.0 Å². The van der Waals surface area contributed by atoms with E-state index in [-0.39, 0.29) is 38.2 Å². The number of piperazine rings is 2. The molecule has 0 radical (unpaired) electrons. The van der Waals surface area contributed by atoms with Gasteiger partial charge in [-0.3, -0.25) is 4.79 Å². The minimum atomic E-state index is -3.77. The van der Waals surface area contributed by atoms with E-state index in [0.717, 1.165) is 0 Å². The number of likely N-dealkylation sites (N-methyl/N-ethyl adjacent to an activating group) is 2. The number of hydrogen-bond acceptors (Lipinski definition) is 8. The minimum Gasteiger partial charge on any atom is -0.494 e. The third-order valence-corrected chi connectivity index (χ3v) is 11.9. The van der Waals surface area contributed by atoms with Gasteiger partial charge in [-0.05, 0) is 38.4 Å². The van der Waals surface area contributed by atoms with Gasteiger partial charge in [0.05, 0.1) is 32.3 Å². The topological polar surface area (TPSA) is 147 Å². The van der Waals surface area contributed by atoms with Gasteiger partial charge in [0, 0.05) is 63.5 Å². The van der Waals surface area contributed by atoms with Crippen molar-refractivity contribution in [3.8, 4) is 17.1 Å². The highest BCUT2D eigenvalue weighted by molar-refractivity contribution is 7.89. The van der Waals surface area contributed by atoms with Gasteiger partial charge in [-0.25, -0.2) is 21.8 Å². The fourth-order valence-electron chi connectivity index (χ4n) is 5.54. The Balaban J connectivity index is 1.33. The second-order valence-electron chi connectivity index (χ2n) is 10.8. The van der Waals surface area contributed by atoms with E-state index in [2.05, 4.69) is 19.8 Å². The second-order valence-corrected chi connectivity index (χ2v) is 14.7. The van der Waals surface area contributed by atoms with Crippen LogP contribution in [0.4, 0.5) is 0 Å². The van der Waals surface area contributed by atoms with Crippen LogP contribution in [0.5, 0.6) is 5.88 Å². The highest BCUT2D eigenvalue weighted by atomic mass is 32.2. The van der Waals surface area contributed by atoms with Crippen molar-refractivity contribution in [1.29, 1.82) is 0 Å². The molecule has 3 aliphatic rings. The number of hydrogen-bond donors (Lipinski definition) is 2. The highest BCUT2D eigenvalue weighted by Gasteiger charge is 2.35. The number of aromatic hydroxyl groups is 1. The van der Waals surface area contributed by atoms with Gasteiger partial charge in [-0.2, -0.15) is 8.61 Å². The SMILES string of the molecule is CN1CCN(S(=O)(=O)c2cccc(C3=NC(=O)c4c(-c5cccc(S(=O)(=O)N6CCN(C)CC6)c5)[nH]c(O)c43)c2)CC1. The predicted molar refractivity (Wildman–Crippen MR) is 157 cm³/mol. The zero-order valence-corrected chi connectivity index (χ0v) is 24.9. The average Bonchev–Trinajstić information content (AvgIpc) is 3.51. The van der Waals surface area contributed by atoms with E-state index in [1.54, 1.807) is 24.3 Å². The van der Waals surface area contributed by atoms with Crippen molar-refractivity contribution in [3.63, 3.8) is 0 Å². The summed E-state index contributed by atoms with van der Waals surface area (Å²) in [5, 5.41) is 10.9. The van der Waals surface area contributed by atoms with Crippen LogP contribution in [0.1, 0.15) is 21.5 Å². The summed E-state index contributed by atoms with van der Waals surface area (Å²) in [4.78, 5) is 24.5. The van der Waals surface area contributed by atoms with Crippen LogP contribution in [0.15, 0.2) is 63.3 Å². The summed E-state index contributed by atoms with van der Waals surface area (Å²) in [5.41, 5.74) is 1.40. The van der Waals surface area contributed by atoms with Crippen molar-refractivity contribution >= 4 is 31.7 Å². The van der Waals surface area contributed by atoms with Crippen molar-refractivity contribution < 1.29 is 26.7 Å². The number of carbonyl (C=O) groups is 1. The molecular weight excluding hydrogens is 580 g/mol. The lowest BCUT2D eigenvalue weighted by Crippen LogP contribution is -2.47. The van der Waals surface area contributed by atoms with E-state index in [0.29, 0.717) is 63.5 Å². The first-order valence-corrected chi connectivity index (χ1v) is 16.5. The summed E-state index contributed by atoms with van der Waals surface area (Å²) in [5.74, 6) is -0.935. The van der Waals surface area contributed by atoms with Crippen molar-refractivity contribution in [2.45, 2.75) is 9.79 Å². The number of aliphatic imine (C=N–C) groups is 1. The summed E-state index contributed by atoms with van der Waals surface area (Å²) >= 11 is 0. The number of H-pyrrole nitrogens is 1. The third kappa shape index (κ3) is 4.97. The molecule has 1 aromatic heterocycles. The summed E-state index contributed by atoms with van der Waals surface area (Å²) < 4.78 is 56.3. The Morgan fingerprint density at radius 2 is 1.19 bits per heavy atom. The molecule has 2 saturated heterocycles. The number of carbonyl (C=O) groups excluding carboxylic acids is 1. The van der Waals surface area contributed by atoms with Crippen LogP contribution in [-0.4, -0.2) is 123 Å². The van der Waals surface area contributed by atoms with Gasteiger partial charge in [0.1, 0.15) is 0 Å². The van der Waals surface area contributed by atoms with Gasteiger partial charge >= 0.3 is 0 Å². The first kappa shape index (κ1) is 28.7. The number of sulfonamides is 2. The molecule has 42 heavy (non-hydrogen) atoms. The Morgan fingerprint density at radius 3 is 1.71 bits per heavy atom. The molecule has 2 N–H and O–H groups in total. The maximum absolute atomic E-state index is 13.4. The van der Waals surface area contributed by atoms with Crippen LogP contribution in [0.2, 0.25) is 0 Å². The number of aromatic nitrogens is 1. The van der Waals surface area contributed by atoms with E-state index in [1.807, 2.05) is 14.1 Å². The summed E-state index contributed by atoms with van der Waals surface area (Å²) in [6.45, 7) is 4.01. The third-order valence-electron chi connectivity index (χ3n) is 8.07. The van der Waals surface area contributed by atoms with E-state index in [1.165, 1.54) is 32.9 Å². The van der Waals surface area contributed by atoms with Crippen molar-refractivity contribution in [2.75, 3.05) is 66.5 Å². The van der Waals surface area contributed by atoms with Gasteiger partial charge in [-0.1, -0.05) is 24.3 Å². The quantitative estimate of drug-likeness (QED) is 0.423. The molecule has 3 aliphatic heterocycles. The minimum absolute atomic E-state index is 0.0743. The predicted octanol–water partition coefficient (Wildman–Crippen LogP) is 1.25. The molecule has 0 atom stereocenters. The van der Waals surface area contributed by atoms with Gasteiger partial charge in [-0.15, -0.1) is 0 Å². The number of nitrogens with zero attached hydrogens (tertiary/aromatic N) is 5. The lowest BCUT2D eigenvalue weighted by atomic mass is 10.0. The number of nitrogens with one attached hydrogen (secondary N) is 1. The van der Waals surface area contributed by atoms with Crippen LogP contribution in [0.3, 0.4) is 0 Å². The van der Waals surface area contributed by atoms with E-state index in [4.69, 9.17) is 0 Å². The first-order chi connectivity index (χ1) is 20.0. The number of benzene rings is 2. The highest BCUT2D eigenvalue weighted by Crippen LogP contribution is 2.39. The smallest absolute Gasteiger partial charge is 0.280 e. The van der Waals surface area contributed by atoms with Gasteiger partial charge in [0.2, 0.25) is 20.0 Å². The standard InChI is InChI=1S/C28H32N6O6S2/c1-31-9-13-33(14-10-31)41(37,38)21-7-3-5-19(17-21)25-23-24(28(36)29-25)26(30-27(23)35)20-6-4-8-22(18-20)42(39,40)34-15-11-32(2)12-16-34/h3-8,17-18,29,36H,9-16H2,1-2H3. The van der Waals surface area contributed by atoms with Crippen LogP contribution < -0.4 is 0 Å². The van der Waals surface area contributed by atoms with Crippen molar-refractivity contribution in [1.82, 2.24) is 23.4 Å². The number of aromatic amines is 1. The molecule has 12 nitrogen and oxygen atoms in total. The zero-order valence-electron chi connectivity index (χ0n) is 23.3. The molecule has 0 saturated carbocycles. The lowest BCUT2D eigenvalue weighted by molar-refractivity contribution is 0.101. The molecule has 0 spiro atoms. The summed E-state index contributed by atoms with van der Waals surface area (Å²) in [6.07, 6.45) is 0. The number of fused-ring (bicyclic) bond motifs is 1. The summed E-state index contributed by atoms with van der Waals surface area (Å²) in [7, 11) is -3.66. The molecule has 0 bridgehead atoms. The van der Waals surface area contributed by atoms with Crippen LogP contribution in [0, 0.1) is 0 Å². The molecule has 2 aromatic carbocycles. The van der Waals surface area contributed by atoms with Gasteiger partial charge in [0.15, 0.2) is 5.88 Å². The second kappa shape index (κ2) is 10.7. The van der Waals surface area contributed by atoms with E-state index in [9.17, 15) is 26.7 Å². The monoisotopic (exact) mass is 612 g/mol. The Hall–Kier alpha value is -3.40. The zero-order chi connectivity index (χ0) is 29.8. The summed E-state index contributed by atoms with van der Waals surface area (Å²) in [6, 6.07) is 12.4. The fraction of sp³-hybridized carbons (Fsp3) is 0.357. The van der Waals surface area contributed by atoms with Crippen molar-refractivity contribution in [3.05, 3.63) is 65.2 Å². The maximum atomic E-state index is 13.4.